The Balaban J connectivity index is 1.55. The van der Waals surface area contributed by atoms with Crippen molar-refractivity contribution in [2.24, 2.45) is 11.3 Å². The van der Waals surface area contributed by atoms with E-state index in [2.05, 4.69) is 62.1 Å². The van der Waals surface area contributed by atoms with Gasteiger partial charge >= 0.3 is 5.97 Å². The van der Waals surface area contributed by atoms with E-state index < -0.39 is 0 Å². The number of fused-ring (bicyclic) bond motifs is 1. The Labute approximate surface area is 187 Å². The summed E-state index contributed by atoms with van der Waals surface area (Å²) < 4.78 is 11.3. The van der Waals surface area contributed by atoms with Crippen LogP contribution in [0.5, 0.6) is 5.75 Å². The zero-order chi connectivity index (χ0) is 22.4. The van der Waals surface area contributed by atoms with E-state index in [0.717, 1.165) is 31.1 Å². The Bertz CT molecular complexity index is 862. The minimum absolute atomic E-state index is 0.132. The summed E-state index contributed by atoms with van der Waals surface area (Å²) in [4.78, 5) is 13.7. The van der Waals surface area contributed by atoms with Crippen LogP contribution in [0.1, 0.15) is 65.4 Å². The van der Waals surface area contributed by atoms with Crippen molar-refractivity contribution in [3.63, 3.8) is 0 Å². The van der Waals surface area contributed by atoms with Crippen LogP contribution < -0.4 is 4.74 Å². The lowest BCUT2D eigenvalue weighted by Crippen LogP contribution is -2.30. The quantitative estimate of drug-likeness (QED) is 0.471. The molecular formula is C27H39NO3. The number of rotatable bonds is 8. The van der Waals surface area contributed by atoms with Crippen LogP contribution in [0.15, 0.2) is 36.4 Å². The van der Waals surface area contributed by atoms with Crippen LogP contribution in [0.2, 0.25) is 0 Å². The molecule has 0 aromatic heterocycles. The van der Waals surface area contributed by atoms with Gasteiger partial charge in [0, 0.05) is 13.1 Å². The van der Waals surface area contributed by atoms with Gasteiger partial charge in [-0.05, 0) is 85.5 Å². The van der Waals surface area contributed by atoms with Crippen molar-refractivity contribution in [3.05, 3.63) is 42.0 Å². The second kappa shape index (κ2) is 10.5. The van der Waals surface area contributed by atoms with E-state index in [1.54, 1.807) is 0 Å². The van der Waals surface area contributed by atoms with Gasteiger partial charge in [-0.3, -0.25) is 4.79 Å². The average Bonchev–Trinajstić information content (AvgIpc) is 2.72. The van der Waals surface area contributed by atoms with Gasteiger partial charge in [0.05, 0.1) is 19.1 Å². The maximum absolute atomic E-state index is 11.5. The Kier molecular flexibility index (Phi) is 7.99. The molecule has 0 saturated heterocycles. The van der Waals surface area contributed by atoms with Gasteiger partial charge in [-0.1, -0.05) is 39.0 Å². The van der Waals surface area contributed by atoms with Crippen molar-refractivity contribution >= 4 is 16.7 Å². The van der Waals surface area contributed by atoms with Crippen LogP contribution in [-0.4, -0.2) is 37.2 Å². The molecule has 2 aromatic carbocycles. The highest BCUT2D eigenvalue weighted by atomic mass is 16.5. The van der Waals surface area contributed by atoms with E-state index in [1.807, 2.05) is 14.0 Å². The first-order chi connectivity index (χ1) is 14.7. The third kappa shape index (κ3) is 6.96. The lowest BCUT2D eigenvalue weighted by molar-refractivity contribution is -0.143. The molecule has 1 saturated carbocycles. The number of hydrogen-bond acceptors (Lipinski definition) is 4. The standard InChI is InChI=1S/C27H39NO3/c1-6-30-26(29)15-16-28(5)19-20-7-8-22-18-25(12-9-21(22)17-20)31-24-13-10-23(11-14-24)27(2,3)4/h7-9,12,17-18,23-24H,6,10-11,13-16,19H2,1-5H3/t23-,24-. The molecule has 3 rings (SSSR count). The van der Waals surface area contributed by atoms with Crippen LogP contribution >= 0.6 is 0 Å². The Hall–Kier alpha value is -2.07. The fourth-order valence-electron chi connectivity index (χ4n) is 4.59. The monoisotopic (exact) mass is 425 g/mol. The Morgan fingerprint density at radius 3 is 2.39 bits per heavy atom. The maximum atomic E-state index is 11.5. The molecule has 0 unspecified atom stereocenters. The molecule has 0 heterocycles. The van der Waals surface area contributed by atoms with Gasteiger partial charge in [-0.2, -0.15) is 0 Å². The normalized spacial score (nSPS) is 19.5. The minimum atomic E-state index is -0.132. The van der Waals surface area contributed by atoms with Crippen molar-refractivity contribution in [3.8, 4) is 5.75 Å². The summed E-state index contributed by atoms with van der Waals surface area (Å²) in [6.07, 6.45) is 5.58. The number of carbonyl (C=O) groups excluding carboxylic acids is 1. The van der Waals surface area contributed by atoms with Gasteiger partial charge in [-0.25, -0.2) is 0 Å². The molecule has 1 fully saturated rings. The van der Waals surface area contributed by atoms with Gasteiger partial charge in [0.25, 0.3) is 0 Å². The smallest absolute Gasteiger partial charge is 0.307 e. The SMILES string of the molecule is CCOC(=O)CCN(C)Cc1ccc2cc(O[C@H]3CC[C@H](C(C)(C)C)CC3)ccc2c1. The van der Waals surface area contributed by atoms with Gasteiger partial charge < -0.3 is 14.4 Å². The third-order valence-electron chi connectivity index (χ3n) is 6.53. The topological polar surface area (TPSA) is 38.8 Å². The molecule has 0 spiro atoms. The van der Waals surface area contributed by atoms with E-state index in [0.29, 0.717) is 31.1 Å². The molecule has 0 amide bonds. The first-order valence-corrected chi connectivity index (χ1v) is 11.8. The van der Waals surface area contributed by atoms with Crippen LogP contribution in [0.4, 0.5) is 0 Å². The van der Waals surface area contributed by atoms with Crippen molar-refractivity contribution in [2.45, 2.75) is 72.4 Å². The molecule has 0 aliphatic heterocycles. The number of esters is 1. The Morgan fingerprint density at radius 1 is 1.03 bits per heavy atom. The van der Waals surface area contributed by atoms with Crippen molar-refractivity contribution < 1.29 is 14.3 Å². The molecule has 31 heavy (non-hydrogen) atoms. The molecule has 1 aliphatic rings. The number of nitrogens with zero attached hydrogens (tertiary/aromatic N) is 1. The fourth-order valence-corrected chi connectivity index (χ4v) is 4.59. The molecular weight excluding hydrogens is 386 g/mol. The van der Waals surface area contributed by atoms with Crippen molar-refractivity contribution in [1.29, 1.82) is 0 Å². The predicted molar refractivity (Wildman–Crippen MR) is 127 cm³/mol. The van der Waals surface area contributed by atoms with Crippen LogP contribution in [0, 0.1) is 11.3 Å². The van der Waals surface area contributed by atoms with E-state index >= 15 is 0 Å². The molecule has 2 aromatic rings. The number of ether oxygens (including phenoxy) is 2. The molecule has 0 atom stereocenters. The second-order valence-electron chi connectivity index (χ2n) is 10.1. The zero-order valence-corrected chi connectivity index (χ0v) is 19.9. The summed E-state index contributed by atoms with van der Waals surface area (Å²) in [7, 11) is 2.04. The highest BCUT2D eigenvalue weighted by Crippen LogP contribution is 2.39. The minimum Gasteiger partial charge on any atom is -0.490 e. The van der Waals surface area contributed by atoms with Gasteiger partial charge in [0.15, 0.2) is 0 Å². The molecule has 1 aliphatic carbocycles. The van der Waals surface area contributed by atoms with E-state index in [-0.39, 0.29) is 5.97 Å². The fraction of sp³-hybridized carbons (Fsp3) is 0.593. The lowest BCUT2D eigenvalue weighted by atomic mass is 9.72. The van der Waals surface area contributed by atoms with E-state index in [4.69, 9.17) is 9.47 Å². The molecule has 0 N–H and O–H groups in total. The Morgan fingerprint density at radius 2 is 1.71 bits per heavy atom. The first kappa shape index (κ1) is 23.6. The average molecular weight is 426 g/mol. The van der Waals surface area contributed by atoms with Gasteiger partial charge in [-0.15, -0.1) is 0 Å². The lowest BCUT2D eigenvalue weighted by Gasteiger charge is -2.37. The number of benzene rings is 2. The molecule has 0 bridgehead atoms. The summed E-state index contributed by atoms with van der Waals surface area (Å²) in [5.41, 5.74) is 1.64. The zero-order valence-electron chi connectivity index (χ0n) is 19.9. The summed E-state index contributed by atoms with van der Waals surface area (Å²) in [5, 5.41) is 2.43. The van der Waals surface area contributed by atoms with Crippen molar-refractivity contribution in [2.75, 3.05) is 20.2 Å². The third-order valence-corrected chi connectivity index (χ3v) is 6.53. The molecule has 0 radical (unpaired) electrons. The van der Waals surface area contributed by atoms with E-state index in [9.17, 15) is 4.79 Å². The highest BCUT2D eigenvalue weighted by Gasteiger charge is 2.30. The number of carbonyl (C=O) groups is 1. The molecule has 4 nitrogen and oxygen atoms in total. The maximum Gasteiger partial charge on any atom is 0.307 e. The predicted octanol–water partition coefficient (Wildman–Crippen LogP) is 6.21. The summed E-state index contributed by atoms with van der Waals surface area (Å²) >= 11 is 0. The summed E-state index contributed by atoms with van der Waals surface area (Å²) in [5.74, 6) is 1.65. The first-order valence-electron chi connectivity index (χ1n) is 11.8. The van der Waals surface area contributed by atoms with Crippen LogP contribution in [-0.2, 0) is 16.1 Å². The van der Waals surface area contributed by atoms with E-state index in [1.165, 1.54) is 29.2 Å². The van der Waals surface area contributed by atoms with Gasteiger partial charge in [0.2, 0.25) is 0 Å². The highest BCUT2D eigenvalue weighted by molar-refractivity contribution is 5.84. The van der Waals surface area contributed by atoms with Crippen LogP contribution in [0.3, 0.4) is 0 Å². The molecule has 170 valence electrons. The largest absolute Gasteiger partial charge is 0.490 e. The van der Waals surface area contributed by atoms with Crippen LogP contribution in [0.25, 0.3) is 10.8 Å². The number of hydrogen-bond donors (Lipinski definition) is 0. The second-order valence-corrected chi connectivity index (χ2v) is 10.1. The molecule has 4 heteroatoms. The van der Waals surface area contributed by atoms with Crippen molar-refractivity contribution in [1.82, 2.24) is 4.90 Å². The van der Waals surface area contributed by atoms with Gasteiger partial charge in [0.1, 0.15) is 5.75 Å². The summed E-state index contributed by atoms with van der Waals surface area (Å²) in [6, 6.07) is 13.0. The summed E-state index contributed by atoms with van der Waals surface area (Å²) in [6.45, 7) is 10.9.